The van der Waals surface area contributed by atoms with Crippen LogP contribution in [0.3, 0.4) is 0 Å². The van der Waals surface area contributed by atoms with Gasteiger partial charge in [-0.15, -0.1) is 0 Å². The van der Waals surface area contributed by atoms with Crippen molar-refractivity contribution >= 4 is 22.6 Å². The van der Waals surface area contributed by atoms with Crippen molar-refractivity contribution in [2.75, 3.05) is 6.61 Å². The Labute approximate surface area is 99.4 Å². The van der Waals surface area contributed by atoms with Crippen LogP contribution in [0.4, 0.5) is 13.2 Å². The molecule has 0 fully saturated rings. The average Bonchev–Trinajstić information content (AvgIpc) is 2.14. The van der Waals surface area contributed by atoms with Gasteiger partial charge in [0, 0.05) is 16.1 Å². The Morgan fingerprint density at radius 1 is 1.40 bits per heavy atom. The molecule has 1 N–H and O–H groups in total. The largest absolute Gasteiger partial charge is 0.417 e. The Balaban J connectivity index is 3.33. The molecule has 1 aromatic rings. The van der Waals surface area contributed by atoms with Crippen LogP contribution in [0.1, 0.15) is 17.0 Å². The highest BCUT2D eigenvalue weighted by Gasteiger charge is 2.36. The molecule has 1 unspecified atom stereocenters. The summed E-state index contributed by atoms with van der Waals surface area (Å²) in [4.78, 5) is 0. The molecule has 0 aliphatic rings. The van der Waals surface area contributed by atoms with Crippen molar-refractivity contribution in [3.63, 3.8) is 0 Å². The highest BCUT2D eigenvalue weighted by atomic mass is 127. The minimum absolute atomic E-state index is 0.0388. The fourth-order valence-corrected chi connectivity index (χ4v) is 2.10. The van der Waals surface area contributed by atoms with Crippen LogP contribution in [0.2, 0.25) is 0 Å². The summed E-state index contributed by atoms with van der Waals surface area (Å²) in [6.07, 6.45) is -4.40. The first-order chi connectivity index (χ1) is 6.88. The quantitative estimate of drug-likeness (QED) is 0.826. The van der Waals surface area contributed by atoms with E-state index in [0.717, 1.165) is 0 Å². The molecule has 0 heterocycles. The van der Waals surface area contributed by atoms with Crippen LogP contribution in [0.25, 0.3) is 0 Å². The number of halogens is 4. The predicted octanol–water partition coefficient (Wildman–Crippen LogP) is 3.22. The third-order valence-corrected chi connectivity index (χ3v) is 2.89. The van der Waals surface area contributed by atoms with Crippen LogP contribution >= 0.6 is 22.6 Å². The van der Waals surface area contributed by atoms with E-state index in [0.29, 0.717) is 0 Å². The van der Waals surface area contributed by atoms with Gasteiger partial charge < -0.3 is 5.11 Å². The minimum atomic E-state index is -4.40. The van der Waals surface area contributed by atoms with Crippen LogP contribution in [0.15, 0.2) is 18.2 Å². The number of hydrogen-bond acceptors (Lipinski definition) is 1. The third-order valence-electron chi connectivity index (χ3n) is 1.99. The van der Waals surface area contributed by atoms with Gasteiger partial charge in [-0.1, -0.05) is 12.1 Å². The van der Waals surface area contributed by atoms with E-state index in [-0.39, 0.29) is 9.13 Å². The van der Waals surface area contributed by atoms with Crippen molar-refractivity contribution in [3.8, 4) is 0 Å². The standard InChI is InChI=1S/C10H9F3IO/c1-6(5-15)7-3-2-4-8(14)9(7)10(11,12)13/h2-4,6,15H,1,5H2. The molecule has 0 aliphatic heterocycles. The van der Waals surface area contributed by atoms with Gasteiger partial charge in [-0.2, -0.15) is 13.2 Å². The number of rotatable bonds is 2. The van der Waals surface area contributed by atoms with Crippen molar-refractivity contribution in [2.45, 2.75) is 12.1 Å². The monoisotopic (exact) mass is 329 g/mol. The summed E-state index contributed by atoms with van der Waals surface area (Å²) in [5, 5.41) is 8.84. The maximum Gasteiger partial charge on any atom is 0.417 e. The molecule has 0 spiro atoms. The lowest BCUT2D eigenvalue weighted by Crippen LogP contribution is -2.14. The maximum absolute atomic E-state index is 12.7. The van der Waals surface area contributed by atoms with Crippen LogP contribution < -0.4 is 0 Å². The first-order valence-corrected chi connectivity index (χ1v) is 5.25. The zero-order valence-corrected chi connectivity index (χ0v) is 9.84. The topological polar surface area (TPSA) is 20.2 Å². The van der Waals surface area contributed by atoms with E-state index >= 15 is 0 Å². The summed E-state index contributed by atoms with van der Waals surface area (Å²) in [6, 6.07) is 4.26. The molecule has 15 heavy (non-hydrogen) atoms. The van der Waals surface area contributed by atoms with Crippen molar-refractivity contribution in [1.29, 1.82) is 0 Å². The number of hydrogen-bond donors (Lipinski definition) is 1. The van der Waals surface area contributed by atoms with E-state index < -0.39 is 24.3 Å². The normalized spacial score (nSPS) is 14.0. The van der Waals surface area contributed by atoms with E-state index in [2.05, 4.69) is 6.92 Å². The second kappa shape index (κ2) is 4.69. The Kier molecular flexibility index (Phi) is 3.99. The number of benzene rings is 1. The van der Waals surface area contributed by atoms with E-state index in [4.69, 9.17) is 5.11 Å². The van der Waals surface area contributed by atoms with Crippen molar-refractivity contribution in [2.24, 2.45) is 0 Å². The molecule has 5 heteroatoms. The molecule has 0 saturated heterocycles. The summed E-state index contributed by atoms with van der Waals surface area (Å²) < 4.78 is 38.2. The van der Waals surface area contributed by atoms with Gasteiger partial charge in [0.05, 0.1) is 5.56 Å². The van der Waals surface area contributed by atoms with Crippen LogP contribution in [0.5, 0.6) is 0 Å². The van der Waals surface area contributed by atoms with E-state index in [9.17, 15) is 13.2 Å². The fourth-order valence-electron chi connectivity index (χ4n) is 1.28. The van der Waals surface area contributed by atoms with Gasteiger partial charge in [0.25, 0.3) is 0 Å². The molecule has 0 bridgehead atoms. The van der Waals surface area contributed by atoms with E-state index in [1.54, 1.807) is 22.6 Å². The highest BCUT2D eigenvalue weighted by Crippen LogP contribution is 2.37. The van der Waals surface area contributed by atoms with Gasteiger partial charge >= 0.3 is 6.18 Å². The van der Waals surface area contributed by atoms with Gasteiger partial charge in [-0.25, -0.2) is 0 Å². The second-order valence-electron chi connectivity index (χ2n) is 3.08. The second-order valence-corrected chi connectivity index (χ2v) is 4.24. The average molecular weight is 329 g/mol. The lowest BCUT2D eigenvalue weighted by Gasteiger charge is -2.17. The molecular formula is C10H9F3IO. The lowest BCUT2D eigenvalue weighted by molar-refractivity contribution is -0.139. The first-order valence-electron chi connectivity index (χ1n) is 4.17. The predicted molar refractivity (Wildman–Crippen MR) is 59.3 cm³/mol. The van der Waals surface area contributed by atoms with Gasteiger partial charge in [-0.05, 0) is 41.1 Å². The van der Waals surface area contributed by atoms with Crippen molar-refractivity contribution in [1.82, 2.24) is 0 Å². The Morgan fingerprint density at radius 3 is 2.47 bits per heavy atom. The smallest absolute Gasteiger partial charge is 0.396 e. The zero-order chi connectivity index (χ0) is 11.6. The molecule has 1 atom stereocenters. The van der Waals surface area contributed by atoms with E-state index in [1.165, 1.54) is 18.2 Å². The molecule has 1 radical (unpaired) electrons. The minimum Gasteiger partial charge on any atom is -0.396 e. The Morgan fingerprint density at radius 2 is 2.00 bits per heavy atom. The Hall–Kier alpha value is -0.300. The van der Waals surface area contributed by atoms with Gasteiger partial charge in [0.1, 0.15) is 0 Å². The van der Waals surface area contributed by atoms with Gasteiger partial charge in [-0.3, -0.25) is 0 Å². The summed E-state index contributed by atoms with van der Waals surface area (Å²) in [7, 11) is 0. The highest BCUT2D eigenvalue weighted by molar-refractivity contribution is 14.1. The fraction of sp³-hybridized carbons (Fsp3) is 0.300. The number of alkyl halides is 3. The molecule has 83 valence electrons. The Bertz CT molecular complexity index is 349. The first kappa shape index (κ1) is 12.8. The SMILES string of the molecule is [CH2]C(CO)c1cccc(I)c1C(F)(F)F. The zero-order valence-electron chi connectivity index (χ0n) is 7.68. The summed E-state index contributed by atoms with van der Waals surface area (Å²) in [5.41, 5.74) is -0.656. The molecule has 1 nitrogen and oxygen atoms in total. The van der Waals surface area contributed by atoms with Crippen LogP contribution in [-0.2, 0) is 6.18 Å². The summed E-state index contributed by atoms with van der Waals surface area (Å²) in [5.74, 6) is -0.753. The van der Waals surface area contributed by atoms with Crippen LogP contribution in [0, 0.1) is 10.5 Å². The molecule has 0 aromatic heterocycles. The van der Waals surface area contributed by atoms with Crippen LogP contribution in [-0.4, -0.2) is 11.7 Å². The van der Waals surface area contributed by atoms with Gasteiger partial charge in [0.15, 0.2) is 0 Å². The maximum atomic E-state index is 12.7. The molecule has 1 aromatic carbocycles. The lowest BCUT2D eigenvalue weighted by atomic mass is 9.96. The molecular weight excluding hydrogens is 320 g/mol. The summed E-state index contributed by atoms with van der Waals surface area (Å²) >= 11 is 1.63. The molecule has 0 amide bonds. The third kappa shape index (κ3) is 2.84. The molecule has 1 rings (SSSR count). The number of aliphatic hydroxyl groups is 1. The van der Waals surface area contributed by atoms with E-state index in [1.807, 2.05) is 0 Å². The molecule has 0 aliphatic carbocycles. The molecule has 0 saturated carbocycles. The van der Waals surface area contributed by atoms with Crippen molar-refractivity contribution < 1.29 is 18.3 Å². The van der Waals surface area contributed by atoms with Crippen molar-refractivity contribution in [3.05, 3.63) is 39.8 Å². The number of aliphatic hydroxyl groups excluding tert-OH is 1. The summed E-state index contributed by atoms with van der Waals surface area (Å²) in [6.45, 7) is 3.09. The van der Waals surface area contributed by atoms with Gasteiger partial charge in [0.2, 0.25) is 0 Å².